The summed E-state index contributed by atoms with van der Waals surface area (Å²) in [6.45, 7) is 3.82. The highest BCUT2D eigenvalue weighted by molar-refractivity contribution is 7.16. The third-order valence-electron chi connectivity index (χ3n) is 4.82. The van der Waals surface area contributed by atoms with Crippen molar-refractivity contribution in [3.8, 4) is 10.6 Å². The number of halogens is 1. The zero-order valence-corrected chi connectivity index (χ0v) is 17.5. The molecule has 0 spiro atoms. The Hall–Kier alpha value is -2.23. The molecule has 0 unspecified atom stereocenters. The highest BCUT2D eigenvalue weighted by atomic mass is 35.5. The molecule has 0 aromatic carbocycles. The zero-order valence-electron chi connectivity index (χ0n) is 15.9. The first-order valence-corrected chi connectivity index (χ1v) is 10.7. The van der Waals surface area contributed by atoms with E-state index in [0.29, 0.717) is 35.4 Å². The van der Waals surface area contributed by atoms with E-state index < -0.39 is 5.97 Å². The first-order valence-electron chi connectivity index (χ1n) is 9.50. The third kappa shape index (κ3) is 4.36. The summed E-state index contributed by atoms with van der Waals surface area (Å²) >= 11 is 7.80. The van der Waals surface area contributed by atoms with Crippen molar-refractivity contribution in [2.24, 2.45) is 0 Å². The fraction of sp³-hybridized carbons (Fsp3) is 0.474. The quantitative estimate of drug-likeness (QED) is 0.695. The Bertz CT molecular complexity index is 929. The second kappa shape index (κ2) is 8.64. The fourth-order valence-corrected chi connectivity index (χ4v) is 4.80. The van der Waals surface area contributed by atoms with Gasteiger partial charge in [0.15, 0.2) is 0 Å². The summed E-state index contributed by atoms with van der Waals surface area (Å²) in [5.41, 5.74) is 1.18. The molecule has 0 aliphatic carbocycles. The van der Waals surface area contributed by atoms with Gasteiger partial charge in [0.25, 0.3) is 5.91 Å². The molecule has 4 rings (SSSR count). The van der Waals surface area contributed by atoms with Crippen molar-refractivity contribution in [1.29, 1.82) is 0 Å². The van der Waals surface area contributed by atoms with Crippen LogP contribution in [0.1, 0.15) is 35.0 Å². The maximum atomic E-state index is 12.6. The average molecular weight is 437 g/mol. The van der Waals surface area contributed by atoms with Gasteiger partial charge in [-0.2, -0.15) is 0 Å². The van der Waals surface area contributed by atoms with E-state index in [4.69, 9.17) is 21.1 Å². The normalized spacial score (nSPS) is 16.8. The number of amides is 1. The third-order valence-corrected chi connectivity index (χ3v) is 6.22. The van der Waals surface area contributed by atoms with Crippen LogP contribution in [0.4, 0.5) is 5.95 Å². The predicted octanol–water partition coefficient (Wildman–Crippen LogP) is 2.97. The van der Waals surface area contributed by atoms with E-state index in [-0.39, 0.29) is 18.5 Å². The molecule has 10 heteroatoms. The Kier molecular flexibility index (Phi) is 5.98. The number of thiophene rings is 1. The number of fused-ring (bicyclic) bond motifs is 1. The smallest absolute Gasteiger partial charge is 0.325 e. The van der Waals surface area contributed by atoms with E-state index in [9.17, 15) is 9.59 Å². The number of nitrogens with zero attached hydrogens (tertiary/aromatic N) is 3. The Morgan fingerprint density at radius 3 is 2.97 bits per heavy atom. The van der Waals surface area contributed by atoms with E-state index in [0.717, 1.165) is 35.8 Å². The molecule has 4 heterocycles. The molecule has 1 fully saturated rings. The van der Waals surface area contributed by atoms with Crippen LogP contribution in [0.2, 0.25) is 5.02 Å². The molecule has 2 aromatic rings. The van der Waals surface area contributed by atoms with Crippen LogP contribution in [0.5, 0.6) is 0 Å². The molecule has 1 amide bonds. The zero-order chi connectivity index (χ0) is 20.4. The largest absolute Gasteiger partial charge is 0.465 e. The molecule has 29 heavy (non-hydrogen) atoms. The summed E-state index contributed by atoms with van der Waals surface area (Å²) < 4.78 is 10.3. The van der Waals surface area contributed by atoms with Crippen molar-refractivity contribution in [2.45, 2.75) is 32.4 Å². The van der Waals surface area contributed by atoms with Gasteiger partial charge >= 0.3 is 5.97 Å². The molecule has 0 radical (unpaired) electrons. The maximum absolute atomic E-state index is 12.6. The lowest BCUT2D eigenvalue weighted by atomic mass is 10.1. The van der Waals surface area contributed by atoms with Gasteiger partial charge in [0.1, 0.15) is 12.2 Å². The molecule has 2 aliphatic heterocycles. The summed E-state index contributed by atoms with van der Waals surface area (Å²) in [5, 5.41) is 3.76. The van der Waals surface area contributed by atoms with Gasteiger partial charge in [0.2, 0.25) is 5.95 Å². The number of aromatic nitrogens is 2. The number of carbonyl (C=O) groups is 2. The van der Waals surface area contributed by atoms with Gasteiger partial charge in [-0.1, -0.05) is 11.6 Å². The van der Waals surface area contributed by atoms with Crippen LogP contribution in [0, 0.1) is 0 Å². The molecule has 2 aromatic heterocycles. The van der Waals surface area contributed by atoms with Crippen molar-refractivity contribution in [2.75, 3.05) is 31.7 Å². The van der Waals surface area contributed by atoms with Gasteiger partial charge < -0.3 is 19.7 Å². The first kappa shape index (κ1) is 20.1. The van der Waals surface area contributed by atoms with Gasteiger partial charge in [-0.25, -0.2) is 9.97 Å². The van der Waals surface area contributed by atoms with Gasteiger partial charge in [-0.05, 0) is 25.8 Å². The number of anilines is 1. The van der Waals surface area contributed by atoms with Crippen LogP contribution < -0.4 is 5.32 Å². The molecule has 8 nitrogen and oxygen atoms in total. The van der Waals surface area contributed by atoms with Crippen LogP contribution in [0.15, 0.2) is 12.3 Å². The van der Waals surface area contributed by atoms with Crippen LogP contribution in [-0.2, 0) is 20.8 Å². The summed E-state index contributed by atoms with van der Waals surface area (Å²) in [4.78, 5) is 36.4. The lowest BCUT2D eigenvalue weighted by molar-refractivity contribution is -0.143. The van der Waals surface area contributed by atoms with Crippen LogP contribution in [0.3, 0.4) is 0 Å². The van der Waals surface area contributed by atoms with E-state index in [1.54, 1.807) is 19.2 Å². The van der Waals surface area contributed by atoms with Crippen molar-refractivity contribution in [1.82, 2.24) is 14.9 Å². The number of nitrogens with one attached hydrogen (secondary N) is 1. The molecule has 0 atom stereocenters. The van der Waals surface area contributed by atoms with Crippen LogP contribution in [-0.4, -0.2) is 59.2 Å². The van der Waals surface area contributed by atoms with E-state index in [1.165, 1.54) is 16.2 Å². The summed E-state index contributed by atoms with van der Waals surface area (Å²) in [6.07, 6.45) is 3.38. The number of esters is 1. The summed E-state index contributed by atoms with van der Waals surface area (Å²) in [6, 6.07) is 2.06. The van der Waals surface area contributed by atoms with Crippen molar-refractivity contribution in [3.05, 3.63) is 27.7 Å². The Labute approximate surface area is 177 Å². The second-order valence-corrected chi connectivity index (χ2v) is 8.38. The predicted molar refractivity (Wildman–Crippen MR) is 109 cm³/mol. The second-order valence-electron chi connectivity index (χ2n) is 6.83. The lowest BCUT2D eigenvalue weighted by Crippen LogP contribution is -2.31. The highest BCUT2D eigenvalue weighted by Gasteiger charge is 2.32. The standard InChI is InChI=1S/C19H21ClN4O4S/c1-2-28-16(25)10-24-9-15-12(18(24)26)7-14(29-15)17-13(20)8-21-19(23-17)22-11-3-5-27-6-4-11/h7-8,11H,2-6,9-10H2,1H3,(H,21,22,23). The highest BCUT2D eigenvalue weighted by Crippen LogP contribution is 2.38. The monoisotopic (exact) mass is 436 g/mol. The Morgan fingerprint density at radius 2 is 2.24 bits per heavy atom. The number of rotatable bonds is 6. The molecule has 2 aliphatic rings. The van der Waals surface area contributed by atoms with Crippen LogP contribution >= 0.6 is 22.9 Å². The number of hydrogen-bond donors (Lipinski definition) is 1. The van der Waals surface area contributed by atoms with Crippen LogP contribution in [0.25, 0.3) is 10.6 Å². The van der Waals surface area contributed by atoms with Gasteiger partial charge in [0, 0.05) is 24.1 Å². The summed E-state index contributed by atoms with van der Waals surface area (Å²) in [7, 11) is 0. The molecular weight excluding hydrogens is 416 g/mol. The van der Waals surface area contributed by atoms with Gasteiger partial charge in [-0.15, -0.1) is 11.3 Å². The van der Waals surface area contributed by atoms with E-state index in [1.807, 2.05) is 0 Å². The number of ether oxygens (including phenoxy) is 2. The van der Waals surface area contributed by atoms with E-state index in [2.05, 4.69) is 15.3 Å². The molecule has 1 N–H and O–H groups in total. The Morgan fingerprint density at radius 1 is 1.45 bits per heavy atom. The number of hydrogen-bond acceptors (Lipinski definition) is 8. The maximum Gasteiger partial charge on any atom is 0.325 e. The topological polar surface area (TPSA) is 93.7 Å². The molecule has 154 valence electrons. The van der Waals surface area contributed by atoms with Crippen molar-refractivity contribution in [3.63, 3.8) is 0 Å². The van der Waals surface area contributed by atoms with Gasteiger partial charge in [0.05, 0.1) is 34.8 Å². The number of carbonyl (C=O) groups excluding carboxylic acids is 2. The SMILES string of the molecule is CCOC(=O)CN1Cc2sc(-c3nc(NC4CCOCC4)ncc3Cl)cc2C1=O. The first-order chi connectivity index (χ1) is 14.0. The summed E-state index contributed by atoms with van der Waals surface area (Å²) in [5.74, 6) is -0.0692. The van der Waals surface area contributed by atoms with Crippen molar-refractivity contribution < 1.29 is 19.1 Å². The minimum Gasteiger partial charge on any atom is -0.465 e. The van der Waals surface area contributed by atoms with Gasteiger partial charge in [-0.3, -0.25) is 9.59 Å². The molecule has 0 saturated carbocycles. The minimum atomic E-state index is -0.404. The minimum absolute atomic E-state index is 0.0448. The van der Waals surface area contributed by atoms with Crippen molar-refractivity contribution >= 4 is 40.8 Å². The molecule has 0 bridgehead atoms. The van der Waals surface area contributed by atoms with E-state index >= 15 is 0 Å². The molecular formula is C19H21ClN4O4S. The lowest BCUT2D eigenvalue weighted by Gasteiger charge is -2.23. The average Bonchev–Trinajstić information content (AvgIpc) is 3.24. The Balaban J connectivity index is 1.51. The molecule has 1 saturated heterocycles. The fourth-order valence-electron chi connectivity index (χ4n) is 3.38.